The highest BCUT2D eigenvalue weighted by atomic mass is 35.5. The number of benzene rings is 1. The SMILES string of the molecule is Cl.O=C(Nc1ccc(Cl)cc1O)C1CC(F)(F)CN1. The second-order valence-corrected chi connectivity index (χ2v) is 4.58. The summed E-state index contributed by atoms with van der Waals surface area (Å²) in [6.07, 6.45) is -0.548. The van der Waals surface area contributed by atoms with Gasteiger partial charge in [0, 0.05) is 17.5 Å². The highest BCUT2D eigenvalue weighted by Gasteiger charge is 2.42. The zero-order valence-corrected chi connectivity index (χ0v) is 11.2. The second kappa shape index (κ2) is 5.90. The molecule has 1 aliphatic rings. The van der Waals surface area contributed by atoms with Crippen molar-refractivity contribution in [2.24, 2.45) is 0 Å². The van der Waals surface area contributed by atoms with Crippen molar-refractivity contribution in [2.45, 2.75) is 18.4 Å². The largest absolute Gasteiger partial charge is 0.506 e. The van der Waals surface area contributed by atoms with Gasteiger partial charge in [-0.05, 0) is 12.1 Å². The smallest absolute Gasteiger partial charge is 0.262 e. The summed E-state index contributed by atoms with van der Waals surface area (Å²) in [5.74, 6) is -3.69. The van der Waals surface area contributed by atoms with Gasteiger partial charge >= 0.3 is 0 Å². The van der Waals surface area contributed by atoms with Crippen molar-refractivity contribution < 1.29 is 18.7 Å². The summed E-state index contributed by atoms with van der Waals surface area (Å²) in [6, 6.07) is 3.18. The van der Waals surface area contributed by atoms with Crippen LogP contribution < -0.4 is 10.6 Å². The van der Waals surface area contributed by atoms with Crippen molar-refractivity contribution >= 4 is 35.6 Å². The molecule has 1 aromatic rings. The minimum Gasteiger partial charge on any atom is -0.506 e. The number of nitrogens with one attached hydrogen (secondary N) is 2. The summed E-state index contributed by atoms with van der Waals surface area (Å²) in [4.78, 5) is 11.7. The molecule has 19 heavy (non-hydrogen) atoms. The fourth-order valence-corrected chi connectivity index (χ4v) is 1.90. The molecule has 1 aromatic carbocycles. The third kappa shape index (κ3) is 3.92. The van der Waals surface area contributed by atoms with Gasteiger partial charge < -0.3 is 10.4 Å². The Bertz CT molecular complexity index is 486. The van der Waals surface area contributed by atoms with Gasteiger partial charge in [-0.3, -0.25) is 10.1 Å². The van der Waals surface area contributed by atoms with Crippen LogP contribution in [-0.2, 0) is 4.79 Å². The molecule has 3 N–H and O–H groups in total. The molecule has 0 radical (unpaired) electrons. The van der Waals surface area contributed by atoms with E-state index in [1.807, 2.05) is 0 Å². The monoisotopic (exact) mass is 312 g/mol. The van der Waals surface area contributed by atoms with Gasteiger partial charge in [-0.2, -0.15) is 0 Å². The van der Waals surface area contributed by atoms with E-state index in [0.29, 0.717) is 5.02 Å². The van der Waals surface area contributed by atoms with Gasteiger partial charge in [0.05, 0.1) is 18.3 Å². The van der Waals surface area contributed by atoms with Gasteiger partial charge in [0.2, 0.25) is 5.91 Å². The molecule has 2 rings (SSSR count). The number of alkyl halides is 2. The lowest BCUT2D eigenvalue weighted by Crippen LogP contribution is -2.35. The summed E-state index contributed by atoms with van der Waals surface area (Å²) >= 11 is 5.63. The zero-order chi connectivity index (χ0) is 13.3. The van der Waals surface area contributed by atoms with Crippen LogP contribution in [0.15, 0.2) is 18.2 Å². The van der Waals surface area contributed by atoms with Crippen LogP contribution in [0.1, 0.15) is 6.42 Å². The van der Waals surface area contributed by atoms with E-state index >= 15 is 0 Å². The van der Waals surface area contributed by atoms with Crippen molar-refractivity contribution in [3.63, 3.8) is 0 Å². The summed E-state index contributed by atoms with van der Waals surface area (Å²) in [7, 11) is 0. The number of amides is 1. The Balaban J connectivity index is 0.00000180. The lowest BCUT2D eigenvalue weighted by Gasteiger charge is -2.12. The third-order valence-electron chi connectivity index (χ3n) is 2.64. The molecule has 1 saturated heterocycles. The Morgan fingerprint density at radius 3 is 2.74 bits per heavy atom. The van der Waals surface area contributed by atoms with Crippen LogP contribution >= 0.6 is 24.0 Å². The number of carbonyl (C=O) groups excluding carboxylic acids is 1. The van der Waals surface area contributed by atoms with E-state index in [1.54, 1.807) is 0 Å². The summed E-state index contributed by atoms with van der Waals surface area (Å²) in [5.41, 5.74) is 0.140. The number of halogens is 4. The first kappa shape index (κ1) is 15.9. The highest BCUT2D eigenvalue weighted by molar-refractivity contribution is 6.30. The molecule has 1 atom stereocenters. The van der Waals surface area contributed by atoms with Crippen molar-refractivity contribution in [1.82, 2.24) is 5.32 Å². The topological polar surface area (TPSA) is 61.4 Å². The Kier molecular flexibility index (Phi) is 4.95. The summed E-state index contributed by atoms with van der Waals surface area (Å²) in [6.45, 7) is -0.516. The van der Waals surface area contributed by atoms with Crippen LogP contribution in [0.25, 0.3) is 0 Å². The Labute approximate surface area is 119 Å². The van der Waals surface area contributed by atoms with Gasteiger partial charge in [0.15, 0.2) is 0 Å². The van der Waals surface area contributed by atoms with Crippen LogP contribution in [0.5, 0.6) is 5.75 Å². The number of aromatic hydroxyl groups is 1. The zero-order valence-electron chi connectivity index (χ0n) is 9.62. The molecule has 0 spiro atoms. The first-order valence-electron chi connectivity index (χ1n) is 5.28. The van der Waals surface area contributed by atoms with Gasteiger partial charge in [-0.15, -0.1) is 12.4 Å². The number of hydrogen-bond acceptors (Lipinski definition) is 3. The molecule has 1 heterocycles. The van der Waals surface area contributed by atoms with Crippen molar-refractivity contribution in [1.29, 1.82) is 0 Å². The number of hydrogen-bond donors (Lipinski definition) is 3. The second-order valence-electron chi connectivity index (χ2n) is 4.14. The minimum absolute atomic E-state index is 0. The van der Waals surface area contributed by atoms with Crippen LogP contribution in [0.3, 0.4) is 0 Å². The predicted octanol–water partition coefficient (Wildman–Crippen LogP) is 2.40. The number of phenols is 1. The van der Waals surface area contributed by atoms with Gasteiger partial charge in [0.1, 0.15) is 5.75 Å². The first-order chi connectivity index (χ1) is 8.37. The van der Waals surface area contributed by atoms with E-state index in [9.17, 15) is 18.7 Å². The summed E-state index contributed by atoms with van der Waals surface area (Å²) in [5, 5.41) is 14.6. The van der Waals surface area contributed by atoms with E-state index in [4.69, 9.17) is 11.6 Å². The van der Waals surface area contributed by atoms with Gasteiger partial charge in [-0.1, -0.05) is 11.6 Å². The average molecular weight is 313 g/mol. The fraction of sp³-hybridized carbons (Fsp3) is 0.364. The number of phenolic OH excluding ortho intramolecular Hbond substituents is 1. The number of anilines is 1. The average Bonchev–Trinajstić information content (AvgIpc) is 2.63. The molecular formula is C11H12Cl2F2N2O2. The predicted molar refractivity (Wildman–Crippen MR) is 70.3 cm³/mol. The molecule has 106 valence electrons. The van der Waals surface area contributed by atoms with Crippen LogP contribution in [-0.4, -0.2) is 29.5 Å². The number of rotatable bonds is 2. The van der Waals surface area contributed by atoms with Crippen molar-refractivity contribution in [3.05, 3.63) is 23.2 Å². The Morgan fingerprint density at radius 1 is 1.53 bits per heavy atom. The molecule has 1 unspecified atom stereocenters. The molecule has 1 fully saturated rings. The maximum Gasteiger partial charge on any atom is 0.262 e. The Hall–Kier alpha value is -1.11. The molecule has 0 aliphatic carbocycles. The standard InChI is InChI=1S/C11H11ClF2N2O2.ClH/c12-6-1-2-7(9(17)3-6)16-10(18)8-4-11(13,14)5-15-8;/h1-3,8,15,17H,4-5H2,(H,16,18);1H. The maximum absolute atomic E-state index is 12.9. The molecule has 4 nitrogen and oxygen atoms in total. The first-order valence-corrected chi connectivity index (χ1v) is 5.66. The normalized spacial score (nSPS) is 20.7. The summed E-state index contributed by atoms with van der Waals surface area (Å²) < 4.78 is 25.8. The van der Waals surface area contributed by atoms with E-state index in [1.165, 1.54) is 18.2 Å². The van der Waals surface area contributed by atoms with Crippen molar-refractivity contribution in [2.75, 3.05) is 11.9 Å². The van der Waals surface area contributed by atoms with E-state index in [-0.39, 0.29) is 23.8 Å². The van der Waals surface area contributed by atoms with Crippen LogP contribution in [0.4, 0.5) is 14.5 Å². The maximum atomic E-state index is 12.9. The van der Waals surface area contributed by atoms with Crippen LogP contribution in [0.2, 0.25) is 5.02 Å². The van der Waals surface area contributed by atoms with Gasteiger partial charge in [-0.25, -0.2) is 8.78 Å². The lowest BCUT2D eigenvalue weighted by atomic mass is 10.2. The van der Waals surface area contributed by atoms with E-state index in [2.05, 4.69) is 10.6 Å². The molecular weight excluding hydrogens is 301 g/mol. The molecule has 1 amide bonds. The molecule has 0 aromatic heterocycles. The van der Waals surface area contributed by atoms with Gasteiger partial charge in [0.25, 0.3) is 5.92 Å². The Morgan fingerprint density at radius 2 is 2.21 bits per heavy atom. The fourth-order valence-electron chi connectivity index (χ4n) is 1.73. The molecule has 0 bridgehead atoms. The number of carbonyl (C=O) groups is 1. The molecule has 8 heteroatoms. The third-order valence-corrected chi connectivity index (χ3v) is 2.88. The van der Waals surface area contributed by atoms with Crippen molar-refractivity contribution in [3.8, 4) is 5.75 Å². The lowest BCUT2D eigenvalue weighted by molar-refractivity contribution is -0.118. The molecule has 1 aliphatic heterocycles. The quantitative estimate of drug-likeness (QED) is 0.735. The van der Waals surface area contributed by atoms with Crippen LogP contribution in [0, 0.1) is 0 Å². The molecule has 0 saturated carbocycles. The highest BCUT2D eigenvalue weighted by Crippen LogP contribution is 2.29. The minimum atomic E-state index is -2.87. The van der Waals surface area contributed by atoms with E-state index in [0.717, 1.165) is 0 Å². The van der Waals surface area contributed by atoms with E-state index < -0.39 is 30.8 Å².